The Morgan fingerprint density at radius 3 is 2.08 bits per heavy atom. The number of benzene rings is 3. The van der Waals surface area contributed by atoms with Crippen LogP contribution in [0.3, 0.4) is 0 Å². The summed E-state index contributed by atoms with van der Waals surface area (Å²) in [6, 6.07) is 23.3. The number of rotatable bonds is 3. The lowest BCUT2D eigenvalue weighted by atomic mass is 9.87. The Morgan fingerprint density at radius 1 is 0.880 bits per heavy atom. The van der Waals surface area contributed by atoms with Crippen LogP contribution in [0.25, 0.3) is 0 Å². The van der Waals surface area contributed by atoms with Gasteiger partial charge in [-0.15, -0.1) is 11.8 Å². The molecule has 0 saturated heterocycles. The quantitative estimate of drug-likeness (QED) is 0.655. The lowest BCUT2D eigenvalue weighted by Gasteiger charge is -2.27. The number of ether oxygens (including phenoxy) is 1. The Kier molecular flexibility index (Phi) is 4.20. The smallest absolute Gasteiger partial charge is 0.236 e. The lowest BCUT2D eigenvalue weighted by Crippen LogP contribution is -2.25. The Balaban J connectivity index is 1.75. The first kappa shape index (κ1) is 15.8. The van der Waals surface area contributed by atoms with Crippen molar-refractivity contribution >= 4 is 23.4 Å². The molecule has 3 aromatic rings. The van der Waals surface area contributed by atoms with Crippen molar-refractivity contribution in [2.45, 2.75) is 10.8 Å². The summed E-state index contributed by atoms with van der Waals surface area (Å²) in [4.78, 5) is 14.2. The van der Waals surface area contributed by atoms with Gasteiger partial charge in [0.2, 0.25) is 5.91 Å². The molecule has 0 spiro atoms. The fourth-order valence-electron chi connectivity index (χ4n) is 3.15. The molecular formula is C21H17NO2S. The van der Waals surface area contributed by atoms with Crippen molar-refractivity contribution in [3.8, 4) is 11.5 Å². The molecule has 124 valence electrons. The molecule has 0 aliphatic carbocycles. The van der Waals surface area contributed by atoms with Gasteiger partial charge in [-0.25, -0.2) is 0 Å². The molecule has 0 radical (unpaired) electrons. The van der Waals surface area contributed by atoms with Crippen LogP contribution in [0.2, 0.25) is 0 Å². The van der Waals surface area contributed by atoms with Gasteiger partial charge in [-0.3, -0.25) is 4.79 Å². The molecular weight excluding hydrogens is 330 g/mol. The maximum Gasteiger partial charge on any atom is 0.236 e. The average molecular weight is 347 g/mol. The summed E-state index contributed by atoms with van der Waals surface area (Å²) < 4.78 is 5.97. The van der Waals surface area contributed by atoms with Gasteiger partial charge in [0, 0.05) is 16.0 Å². The van der Waals surface area contributed by atoms with E-state index >= 15 is 0 Å². The van der Waals surface area contributed by atoms with Crippen LogP contribution in [0.15, 0.2) is 77.7 Å². The molecule has 3 nitrogen and oxygen atoms in total. The van der Waals surface area contributed by atoms with Crippen LogP contribution in [-0.2, 0) is 4.79 Å². The number of fused-ring (bicyclic) bond motifs is 2. The van der Waals surface area contributed by atoms with E-state index in [2.05, 4.69) is 5.32 Å². The third kappa shape index (κ3) is 2.89. The summed E-state index contributed by atoms with van der Waals surface area (Å²) in [5.74, 6) is 1.03. The first-order chi connectivity index (χ1) is 12.3. The maximum absolute atomic E-state index is 13.2. The largest absolute Gasteiger partial charge is 0.457 e. The number of hydrogen-bond acceptors (Lipinski definition) is 3. The molecule has 0 saturated carbocycles. The number of thioether (sulfide) groups is 1. The highest BCUT2D eigenvalue weighted by Crippen LogP contribution is 2.44. The van der Waals surface area contributed by atoms with Crippen molar-refractivity contribution in [2.75, 3.05) is 11.6 Å². The van der Waals surface area contributed by atoms with Crippen molar-refractivity contribution in [1.29, 1.82) is 0 Å². The number of anilines is 1. The Bertz CT molecular complexity index is 893. The van der Waals surface area contributed by atoms with E-state index in [1.807, 2.05) is 79.1 Å². The van der Waals surface area contributed by atoms with Gasteiger partial charge in [0.25, 0.3) is 0 Å². The second-order valence-corrected chi connectivity index (χ2v) is 6.65. The Labute approximate surface area is 151 Å². The van der Waals surface area contributed by atoms with Crippen molar-refractivity contribution in [3.05, 3.63) is 83.9 Å². The second-order valence-electron chi connectivity index (χ2n) is 5.80. The summed E-state index contributed by atoms with van der Waals surface area (Å²) in [6.07, 6.45) is 2.00. The van der Waals surface area contributed by atoms with Crippen molar-refractivity contribution in [2.24, 2.45) is 0 Å². The zero-order valence-electron chi connectivity index (χ0n) is 13.7. The molecule has 3 aromatic carbocycles. The fraction of sp³-hybridized carbons (Fsp3) is 0.0952. The van der Waals surface area contributed by atoms with E-state index in [4.69, 9.17) is 4.74 Å². The summed E-state index contributed by atoms with van der Waals surface area (Å²) in [5, 5.41) is 3.10. The maximum atomic E-state index is 13.2. The molecule has 4 rings (SSSR count). The summed E-state index contributed by atoms with van der Waals surface area (Å²) in [5.41, 5.74) is 2.61. The normalized spacial score (nSPS) is 12.7. The van der Waals surface area contributed by atoms with Crippen molar-refractivity contribution < 1.29 is 9.53 Å². The van der Waals surface area contributed by atoms with E-state index in [0.29, 0.717) is 0 Å². The zero-order valence-corrected chi connectivity index (χ0v) is 14.5. The standard InChI is InChI=1S/C21H17NO2S/c1-25-19-13-7-4-10-16(19)22-21(23)20-14-8-2-5-11-17(14)24-18-12-6-3-9-15(18)20/h2-13,20H,1H3,(H,22,23). The van der Waals surface area contributed by atoms with Crippen LogP contribution in [-0.4, -0.2) is 12.2 Å². The highest BCUT2D eigenvalue weighted by atomic mass is 32.2. The summed E-state index contributed by atoms with van der Waals surface area (Å²) in [6.45, 7) is 0. The summed E-state index contributed by atoms with van der Waals surface area (Å²) >= 11 is 1.62. The number of amides is 1. The number of para-hydroxylation sites is 3. The minimum Gasteiger partial charge on any atom is -0.457 e. The minimum atomic E-state index is -0.393. The molecule has 1 aliphatic rings. The molecule has 1 amide bonds. The second kappa shape index (κ2) is 6.65. The van der Waals surface area contributed by atoms with Crippen LogP contribution >= 0.6 is 11.8 Å². The average Bonchev–Trinajstić information content (AvgIpc) is 2.66. The van der Waals surface area contributed by atoms with Gasteiger partial charge in [0.1, 0.15) is 11.5 Å². The first-order valence-corrected chi connectivity index (χ1v) is 9.30. The van der Waals surface area contributed by atoms with Gasteiger partial charge in [0.15, 0.2) is 0 Å². The molecule has 1 aliphatic heterocycles. The Hall–Kier alpha value is -2.72. The minimum absolute atomic E-state index is 0.0512. The topological polar surface area (TPSA) is 38.3 Å². The fourth-order valence-corrected chi connectivity index (χ4v) is 3.70. The first-order valence-electron chi connectivity index (χ1n) is 8.07. The van der Waals surface area contributed by atoms with Gasteiger partial charge in [-0.05, 0) is 30.5 Å². The predicted molar refractivity (Wildman–Crippen MR) is 102 cm³/mol. The molecule has 0 aromatic heterocycles. The van der Waals surface area contributed by atoms with E-state index in [-0.39, 0.29) is 5.91 Å². The molecule has 0 atom stereocenters. The van der Waals surface area contributed by atoms with E-state index in [1.54, 1.807) is 11.8 Å². The third-order valence-electron chi connectivity index (χ3n) is 4.31. The molecule has 0 bridgehead atoms. The lowest BCUT2D eigenvalue weighted by molar-refractivity contribution is -0.116. The van der Waals surface area contributed by atoms with Gasteiger partial charge in [-0.2, -0.15) is 0 Å². The monoisotopic (exact) mass is 347 g/mol. The molecule has 0 fully saturated rings. The van der Waals surface area contributed by atoms with Gasteiger partial charge in [-0.1, -0.05) is 48.5 Å². The van der Waals surface area contributed by atoms with Crippen LogP contribution in [0.1, 0.15) is 17.0 Å². The van der Waals surface area contributed by atoms with Crippen molar-refractivity contribution in [1.82, 2.24) is 0 Å². The van der Waals surface area contributed by atoms with Gasteiger partial charge < -0.3 is 10.1 Å². The van der Waals surface area contributed by atoms with Crippen LogP contribution in [0.4, 0.5) is 5.69 Å². The van der Waals surface area contributed by atoms with E-state index in [0.717, 1.165) is 33.2 Å². The number of carbonyl (C=O) groups is 1. The molecule has 25 heavy (non-hydrogen) atoms. The Morgan fingerprint density at radius 2 is 1.44 bits per heavy atom. The van der Waals surface area contributed by atoms with Crippen LogP contribution in [0.5, 0.6) is 11.5 Å². The highest BCUT2D eigenvalue weighted by molar-refractivity contribution is 7.98. The number of carbonyl (C=O) groups excluding carboxylic acids is 1. The zero-order chi connectivity index (χ0) is 17.2. The van der Waals surface area contributed by atoms with E-state index < -0.39 is 5.92 Å². The van der Waals surface area contributed by atoms with E-state index in [1.165, 1.54) is 0 Å². The number of hydrogen-bond donors (Lipinski definition) is 1. The van der Waals surface area contributed by atoms with Gasteiger partial charge >= 0.3 is 0 Å². The molecule has 1 N–H and O–H groups in total. The molecule has 4 heteroatoms. The SMILES string of the molecule is CSc1ccccc1NC(=O)C1c2ccccc2Oc2ccccc21. The van der Waals surface area contributed by atoms with E-state index in [9.17, 15) is 4.79 Å². The number of nitrogens with one attached hydrogen (secondary N) is 1. The van der Waals surface area contributed by atoms with Crippen molar-refractivity contribution in [3.63, 3.8) is 0 Å². The van der Waals surface area contributed by atoms with Crippen LogP contribution in [0, 0.1) is 0 Å². The highest BCUT2D eigenvalue weighted by Gasteiger charge is 2.32. The molecule has 1 heterocycles. The van der Waals surface area contributed by atoms with Gasteiger partial charge in [0.05, 0.1) is 11.6 Å². The molecule has 0 unspecified atom stereocenters. The summed E-state index contributed by atoms with van der Waals surface area (Å²) in [7, 11) is 0. The predicted octanol–water partition coefficient (Wildman–Crippen LogP) is 5.28. The third-order valence-corrected chi connectivity index (χ3v) is 5.10. The van der Waals surface area contributed by atoms with Crippen LogP contribution < -0.4 is 10.1 Å².